The Balaban J connectivity index is 1.40. The Morgan fingerprint density at radius 2 is 1.75 bits per heavy atom. The molecule has 3 aromatic rings. The van der Waals surface area contributed by atoms with Crippen LogP contribution in [0.4, 0.5) is 0 Å². The summed E-state index contributed by atoms with van der Waals surface area (Å²) in [5.41, 5.74) is 4.25. The number of ether oxygens (including phenoxy) is 5. The van der Waals surface area contributed by atoms with Gasteiger partial charge in [0.05, 0.1) is 32.5 Å². The molecular weight excluding hydrogens is 458 g/mol. The summed E-state index contributed by atoms with van der Waals surface area (Å²) in [6.07, 6.45) is 2.56. The molecule has 0 aromatic heterocycles. The number of Topliss-reactive ketones (excluding diaryl/α,β-unsaturated/α-hetero) is 1. The van der Waals surface area contributed by atoms with E-state index in [9.17, 15) is 4.79 Å². The van der Waals surface area contributed by atoms with Crippen LogP contribution in [0, 0.1) is 6.92 Å². The van der Waals surface area contributed by atoms with E-state index in [1.807, 2.05) is 43.3 Å². The fourth-order valence-corrected chi connectivity index (χ4v) is 4.70. The summed E-state index contributed by atoms with van der Waals surface area (Å²) in [6, 6.07) is 15.4. The molecule has 0 bridgehead atoms. The molecule has 36 heavy (non-hydrogen) atoms. The minimum Gasteiger partial charge on any atom is -0.496 e. The Bertz CT molecular complexity index is 1350. The first kappa shape index (κ1) is 23.8. The highest BCUT2D eigenvalue weighted by Crippen LogP contribution is 2.44. The van der Waals surface area contributed by atoms with Crippen molar-refractivity contribution >= 4 is 11.9 Å². The highest BCUT2D eigenvalue weighted by molar-refractivity contribution is 6.16. The lowest BCUT2D eigenvalue weighted by Gasteiger charge is -2.30. The lowest BCUT2D eigenvalue weighted by molar-refractivity contribution is 0.0947. The third-order valence-electron chi connectivity index (χ3n) is 6.58. The lowest BCUT2D eigenvalue weighted by atomic mass is 9.98. The minimum absolute atomic E-state index is 0.133. The van der Waals surface area contributed by atoms with Gasteiger partial charge >= 0.3 is 0 Å². The third-order valence-corrected chi connectivity index (χ3v) is 6.58. The van der Waals surface area contributed by atoms with Crippen LogP contribution >= 0.6 is 0 Å². The minimum atomic E-state index is -0.133. The van der Waals surface area contributed by atoms with Crippen LogP contribution in [0.1, 0.15) is 32.6 Å². The first-order valence-electron chi connectivity index (χ1n) is 11.8. The van der Waals surface area contributed by atoms with E-state index >= 15 is 0 Å². The van der Waals surface area contributed by atoms with Crippen molar-refractivity contribution in [3.05, 3.63) is 82.1 Å². The molecule has 0 spiro atoms. The van der Waals surface area contributed by atoms with Gasteiger partial charge < -0.3 is 23.7 Å². The van der Waals surface area contributed by atoms with Gasteiger partial charge in [-0.2, -0.15) is 0 Å². The number of aryl methyl sites for hydroxylation is 1. The lowest BCUT2D eigenvalue weighted by Crippen LogP contribution is -2.34. The zero-order valence-corrected chi connectivity index (χ0v) is 20.9. The maximum Gasteiger partial charge on any atom is 0.232 e. The molecule has 0 unspecified atom stereocenters. The van der Waals surface area contributed by atoms with Crippen LogP contribution in [0.15, 0.2) is 54.3 Å². The van der Waals surface area contributed by atoms with E-state index in [0.717, 1.165) is 46.7 Å². The number of hydrogen-bond donors (Lipinski definition) is 0. The molecule has 0 aliphatic carbocycles. The van der Waals surface area contributed by atoms with Gasteiger partial charge in [0.15, 0.2) is 17.3 Å². The summed E-state index contributed by atoms with van der Waals surface area (Å²) in [5.74, 6) is 3.58. The fourth-order valence-electron chi connectivity index (χ4n) is 4.70. The Hall–Kier alpha value is -3.97. The number of ketones is 1. The van der Waals surface area contributed by atoms with E-state index in [4.69, 9.17) is 23.7 Å². The molecule has 2 heterocycles. The van der Waals surface area contributed by atoms with Crippen LogP contribution in [-0.4, -0.2) is 45.3 Å². The summed E-state index contributed by atoms with van der Waals surface area (Å²) >= 11 is 0. The summed E-state index contributed by atoms with van der Waals surface area (Å²) in [5, 5.41) is 0. The Morgan fingerprint density at radius 3 is 2.53 bits per heavy atom. The quantitative estimate of drug-likeness (QED) is 0.433. The standard InChI is InChI=1S/C29H29NO6/c1-18-13-24-21(16-30(17-35-24)12-11-20-7-5-6-8-22(20)32-2)29-27(18)28(31)26(36-29)15-19-9-10-23(33-3)25(14-19)34-4/h5-10,13-15H,11-12,16-17H2,1-4H3/b26-15-. The molecule has 0 N–H and O–H groups in total. The van der Waals surface area contributed by atoms with Crippen LogP contribution in [0.25, 0.3) is 6.08 Å². The Morgan fingerprint density at radius 1 is 0.972 bits per heavy atom. The number of methoxy groups -OCH3 is 3. The number of para-hydroxylation sites is 1. The molecule has 7 heteroatoms. The molecule has 2 aliphatic heterocycles. The van der Waals surface area contributed by atoms with Gasteiger partial charge in [-0.15, -0.1) is 0 Å². The van der Waals surface area contributed by atoms with E-state index in [0.29, 0.717) is 36.1 Å². The summed E-state index contributed by atoms with van der Waals surface area (Å²) in [6.45, 7) is 3.80. The van der Waals surface area contributed by atoms with Gasteiger partial charge in [-0.3, -0.25) is 9.69 Å². The Kier molecular flexibility index (Phi) is 6.57. The average molecular weight is 488 g/mol. The van der Waals surface area contributed by atoms with Crippen molar-refractivity contribution in [1.29, 1.82) is 0 Å². The summed E-state index contributed by atoms with van der Waals surface area (Å²) in [4.78, 5) is 15.5. The number of allylic oxidation sites excluding steroid dienone is 1. The predicted molar refractivity (Wildman–Crippen MR) is 136 cm³/mol. The first-order valence-corrected chi connectivity index (χ1v) is 11.8. The van der Waals surface area contributed by atoms with Gasteiger partial charge in [0.1, 0.15) is 24.0 Å². The SMILES string of the molecule is COc1ccccc1CCN1COc2cc(C)c3c(c2C1)O/C(=C\c1ccc(OC)c(OC)c1)C3=O. The van der Waals surface area contributed by atoms with Crippen molar-refractivity contribution in [2.45, 2.75) is 19.9 Å². The number of carbonyl (C=O) groups is 1. The molecule has 0 amide bonds. The van der Waals surface area contributed by atoms with E-state index in [2.05, 4.69) is 11.0 Å². The number of fused-ring (bicyclic) bond motifs is 3. The van der Waals surface area contributed by atoms with Gasteiger partial charge in [-0.1, -0.05) is 24.3 Å². The molecule has 0 fully saturated rings. The number of rotatable bonds is 7. The third kappa shape index (κ3) is 4.38. The van der Waals surface area contributed by atoms with Crippen LogP contribution in [0.2, 0.25) is 0 Å². The highest BCUT2D eigenvalue weighted by Gasteiger charge is 2.35. The second kappa shape index (κ2) is 9.95. The topological polar surface area (TPSA) is 66.5 Å². The summed E-state index contributed by atoms with van der Waals surface area (Å²) < 4.78 is 28.5. The van der Waals surface area contributed by atoms with Crippen molar-refractivity contribution in [2.24, 2.45) is 0 Å². The van der Waals surface area contributed by atoms with Crippen molar-refractivity contribution in [3.63, 3.8) is 0 Å². The van der Waals surface area contributed by atoms with Crippen molar-refractivity contribution in [1.82, 2.24) is 4.90 Å². The van der Waals surface area contributed by atoms with Crippen LogP contribution in [0.5, 0.6) is 28.7 Å². The molecule has 0 saturated heterocycles. The maximum atomic E-state index is 13.3. The number of carbonyl (C=O) groups excluding carboxylic acids is 1. The smallest absolute Gasteiger partial charge is 0.232 e. The second-order valence-electron chi connectivity index (χ2n) is 8.82. The van der Waals surface area contributed by atoms with E-state index in [1.54, 1.807) is 33.5 Å². The van der Waals surface area contributed by atoms with Gasteiger partial charge in [0.2, 0.25) is 5.78 Å². The van der Waals surface area contributed by atoms with Gasteiger partial charge in [-0.25, -0.2) is 0 Å². The van der Waals surface area contributed by atoms with Crippen LogP contribution in [-0.2, 0) is 13.0 Å². The molecule has 0 saturated carbocycles. The average Bonchev–Trinajstić information content (AvgIpc) is 3.24. The molecule has 3 aromatic carbocycles. The second-order valence-corrected chi connectivity index (χ2v) is 8.82. The monoisotopic (exact) mass is 487 g/mol. The van der Waals surface area contributed by atoms with E-state index < -0.39 is 0 Å². The molecule has 186 valence electrons. The molecule has 2 aliphatic rings. The predicted octanol–water partition coefficient (Wildman–Crippen LogP) is 5.03. The fraction of sp³-hybridized carbons (Fsp3) is 0.276. The molecule has 5 rings (SSSR count). The summed E-state index contributed by atoms with van der Waals surface area (Å²) in [7, 11) is 4.85. The van der Waals surface area contributed by atoms with Crippen molar-refractivity contribution < 1.29 is 28.5 Å². The molecule has 0 atom stereocenters. The molecule has 0 radical (unpaired) electrons. The molecule has 7 nitrogen and oxygen atoms in total. The van der Waals surface area contributed by atoms with Crippen LogP contribution in [0.3, 0.4) is 0 Å². The van der Waals surface area contributed by atoms with E-state index in [1.165, 1.54) is 0 Å². The highest BCUT2D eigenvalue weighted by atomic mass is 16.5. The zero-order chi connectivity index (χ0) is 25.2. The van der Waals surface area contributed by atoms with Gasteiger partial charge in [0, 0.05) is 13.1 Å². The number of nitrogens with zero attached hydrogens (tertiary/aromatic N) is 1. The van der Waals surface area contributed by atoms with Crippen molar-refractivity contribution in [2.75, 3.05) is 34.6 Å². The van der Waals surface area contributed by atoms with Crippen molar-refractivity contribution in [3.8, 4) is 28.7 Å². The van der Waals surface area contributed by atoms with Gasteiger partial charge in [0.25, 0.3) is 0 Å². The number of hydrogen-bond acceptors (Lipinski definition) is 7. The first-order chi connectivity index (χ1) is 17.5. The van der Waals surface area contributed by atoms with Gasteiger partial charge in [-0.05, 0) is 60.4 Å². The normalized spacial score (nSPS) is 15.7. The van der Waals surface area contributed by atoms with Crippen LogP contribution < -0.4 is 23.7 Å². The van der Waals surface area contributed by atoms with E-state index in [-0.39, 0.29) is 11.5 Å². The number of benzene rings is 3. The largest absolute Gasteiger partial charge is 0.496 e. The zero-order valence-electron chi connectivity index (χ0n) is 20.9. The maximum absolute atomic E-state index is 13.3. The molecular formula is C29H29NO6. The Labute approximate surface area is 210 Å².